The molecule has 3 saturated heterocycles. The quantitative estimate of drug-likeness (QED) is 0.0199. The fraction of sp³-hybridized carbons (Fsp3) is 0.901. The van der Waals surface area contributed by atoms with Crippen molar-refractivity contribution in [2.75, 3.05) is 26.4 Å². The molecule has 0 radical (unpaired) electrons. The number of ether oxygens (including phenoxy) is 6. The van der Waals surface area contributed by atoms with Crippen LogP contribution in [0.5, 0.6) is 0 Å². The molecule has 3 rings (SSSR count). The topological polar surface area (TPSA) is 307 Å². The second kappa shape index (κ2) is 53.2. The first-order valence-corrected chi connectivity index (χ1v) is 36.2. The highest BCUT2D eigenvalue weighted by Crippen LogP contribution is 2.33. The van der Waals surface area contributed by atoms with Gasteiger partial charge in [0.15, 0.2) is 18.9 Å². The molecule has 0 bridgehead atoms. The molecule has 12 N–H and O–H groups in total. The van der Waals surface area contributed by atoms with Gasteiger partial charge >= 0.3 is 0 Å². The summed E-state index contributed by atoms with van der Waals surface area (Å²) in [5.74, 6) is -0.285. The Morgan fingerprint density at radius 2 is 0.711 bits per heavy atom. The Kier molecular flexibility index (Phi) is 48.6. The van der Waals surface area contributed by atoms with E-state index in [-0.39, 0.29) is 18.9 Å². The Hall–Kier alpha value is -1.99. The van der Waals surface area contributed by atoms with Crippen LogP contribution in [-0.4, -0.2) is 193 Å². The van der Waals surface area contributed by atoms with E-state index < -0.39 is 124 Å². The standard InChI is InChI=1S/C71H131NO18/c1-3-5-7-9-11-13-15-17-19-21-23-24-25-26-27-28-29-31-32-34-36-38-40-42-44-46-48-55(76)54(72-59(77)49-47-45-43-41-39-37-35-33-30-22-20-18-16-14-12-10-8-6-4-2)53-85-69-65(83)62(80)67(57(51-74)87-69)90-71-66(84)63(81)68(58(52-75)88-71)89-70-64(82)61(79)60(78)56(50-73)86-70/h31-32,38,40,46,48,54-58,60-71,73-76,78-84H,3-30,33-37,39,41-45,47,49-53H2,1-2H3,(H,72,77)/b32-31+,40-38+,48-46+. The number of rotatable bonds is 56. The summed E-state index contributed by atoms with van der Waals surface area (Å²) < 4.78 is 34.4. The molecule has 0 aromatic carbocycles. The highest BCUT2D eigenvalue weighted by molar-refractivity contribution is 5.76. The maximum Gasteiger partial charge on any atom is 0.220 e. The van der Waals surface area contributed by atoms with Crippen LogP contribution in [0.25, 0.3) is 0 Å². The molecule has 0 saturated carbocycles. The van der Waals surface area contributed by atoms with E-state index in [0.29, 0.717) is 12.8 Å². The summed E-state index contributed by atoms with van der Waals surface area (Å²) in [6.07, 6.45) is 35.6. The van der Waals surface area contributed by atoms with Crippen molar-refractivity contribution in [1.29, 1.82) is 0 Å². The van der Waals surface area contributed by atoms with Gasteiger partial charge in [0.05, 0.1) is 38.6 Å². The number of carbonyl (C=O) groups is 1. The maximum atomic E-state index is 13.4. The summed E-state index contributed by atoms with van der Waals surface area (Å²) in [6.45, 7) is 1.74. The van der Waals surface area contributed by atoms with Crippen LogP contribution in [0.15, 0.2) is 36.5 Å². The van der Waals surface area contributed by atoms with Gasteiger partial charge in [-0.3, -0.25) is 4.79 Å². The molecule has 3 fully saturated rings. The summed E-state index contributed by atoms with van der Waals surface area (Å²) >= 11 is 0. The zero-order chi connectivity index (χ0) is 65.4. The van der Waals surface area contributed by atoms with E-state index >= 15 is 0 Å². The van der Waals surface area contributed by atoms with Gasteiger partial charge in [-0.05, 0) is 44.9 Å². The van der Waals surface area contributed by atoms with Gasteiger partial charge in [0, 0.05) is 6.42 Å². The molecule has 3 aliphatic heterocycles. The molecule has 90 heavy (non-hydrogen) atoms. The van der Waals surface area contributed by atoms with Crippen molar-refractivity contribution in [3.63, 3.8) is 0 Å². The molecule has 3 heterocycles. The lowest BCUT2D eigenvalue weighted by Crippen LogP contribution is -2.66. The summed E-state index contributed by atoms with van der Waals surface area (Å²) in [4.78, 5) is 13.4. The van der Waals surface area contributed by atoms with Crippen LogP contribution in [0.2, 0.25) is 0 Å². The number of aliphatic hydroxyl groups excluding tert-OH is 11. The molecule has 1 amide bonds. The number of hydrogen-bond donors (Lipinski definition) is 12. The maximum absolute atomic E-state index is 13.4. The predicted octanol–water partition coefficient (Wildman–Crippen LogP) is 10.00. The number of amides is 1. The fourth-order valence-electron chi connectivity index (χ4n) is 12.3. The molecule has 0 aliphatic carbocycles. The van der Waals surface area contributed by atoms with Crippen molar-refractivity contribution >= 4 is 5.91 Å². The lowest BCUT2D eigenvalue weighted by Gasteiger charge is -2.48. The van der Waals surface area contributed by atoms with Gasteiger partial charge in [0.1, 0.15) is 73.2 Å². The second-order valence-electron chi connectivity index (χ2n) is 26.0. The molecule has 528 valence electrons. The lowest BCUT2D eigenvalue weighted by molar-refractivity contribution is -0.379. The third-order valence-electron chi connectivity index (χ3n) is 18.2. The van der Waals surface area contributed by atoms with Crippen LogP contribution in [0.4, 0.5) is 0 Å². The lowest BCUT2D eigenvalue weighted by atomic mass is 9.96. The Morgan fingerprint density at radius 1 is 0.389 bits per heavy atom. The third kappa shape index (κ3) is 34.6. The van der Waals surface area contributed by atoms with Crippen molar-refractivity contribution in [3.05, 3.63) is 36.5 Å². The van der Waals surface area contributed by atoms with Crippen LogP contribution >= 0.6 is 0 Å². The molecule has 17 atom stereocenters. The number of carbonyl (C=O) groups excluding carboxylic acids is 1. The Labute approximate surface area is 542 Å². The smallest absolute Gasteiger partial charge is 0.220 e. The van der Waals surface area contributed by atoms with Gasteiger partial charge in [-0.25, -0.2) is 0 Å². The molecule has 19 heteroatoms. The predicted molar refractivity (Wildman–Crippen MR) is 351 cm³/mol. The SMILES string of the molecule is CCCCCCCCCCCCCCCCCC/C=C/CC/C=C/CC/C=C/C(O)C(COC1OC(CO)C(OC2OC(CO)C(OC3OC(CO)C(O)C(O)C3O)C(O)C2O)C(O)C1O)NC(=O)CCCCCCCCCCCCCCCCCCCCC. The first-order valence-electron chi connectivity index (χ1n) is 36.2. The summed E-state index contributed by atoms with van der Waals surface area (Å²) in [6, 6.07) is -0.995. The largest absolute Gasteiger partial charge is 0.394 e. The molecule has 0 aromatic rings. The number of hydrogen-bond acceptors (Lipinski definition) is 18. The van der Waals surface area contributed by atoms with Gasteiger partial charge in [-0.1, -0.05) is 262 Å². The van der Waals surface area contributed by atoms with Gasteiger partial charge < -0.3 is 89.9 Å². The average Bonchev–Trinajstić information content (AvgIpc) is 1.32. The molecule has 17 unspecified atom stereocenters. The van der Waals surface area contributed by atoms with E-state index in [1.807, 2.05) is 6.08 Å². The van der Waals surface area contributed by atoms with Crippen LogP contribution in [0.1, 0.15) is 277 Å². The Balaban J connectivity index is 1.44. The number of aliphatic hydroxyl groups is 11. The van der Waals surface area contributed by atoms with Crippen LogP contribution < -0.4 is 5.32 Å². The van der Waals surface area contributed by atoms with Crippen LogP contribution in [0, 0.1) is 0 Å². The van der Waals surface area contributed by atoms with Crippen molar-refractivity contribution in [1.82, 2.24) is 5.32 Å². The summed E-state index contributed by atoms with van der Waals surface area (Å²) in [5.41, 5.74) is 0. The van der Waals surface area contributed by atoms with Crippen LogP contribution in [0.3, 0.4) is 0 Å². The van der Waals surface area contributed by atoms with E-state index in [9.17, 15) is 61.0 Å². The van der Waals surface area contributed by atoms with Crippen molar-refractivity contribution in [2.24, 2.45) is 0 Å². The molecule has 3 aliphatic rings. The zero-order valence-electron chi connectivity index (χ0n) is 55.9. The van der Waals surface area contributed by atoms with Crippen molar-refractivity contribution < 1.29 is 89.4 Å². The monoisotopic (exact) mass is 1290 g/mol. The number of allylic oxidation sites excluding steroid dienone is 5. The Bertz CT molecular complexity index is 1780. The highest BCUT2D eigenvalue weighted by Gasteiger charge is 2.53. The van der Waals surface area contributed by atoms with Crippen LogP contribution in [-0.2, 0) is 33.2 Å². The minimum absolute atomic E-state index is 0.236. The number of nitrogens with one attached hydrogen (secondary N) is 1. The fourth-order valence-corrected chi connectivity index (χ4v) is 12.3. The molecule has 19 nitrogen and oxygen atoms in total. The Morgan fingerprint density at radius 3 is 1.11 bits per heavy atom. The third-order valence-corrected chi connectivity index (χ3v) is 18.2. The average molecular weight is 1290 g/mol. The van der Waals surface area contributed by atoms with E-state index in [4.69, 9.17) is 28.4 Å². The van der Waals surface area contributed by atoms with Crippen molar-refractivity contribution in [2.45, 2.75) is 381 Å². The minimum Gasteiger partial charge on any atom is -0.394 e. The van der Waals surface area contributed by atoms with Gasteiger partial charge in [0.2, 0.25) is 5.91 Å². The first kappa shape index (κ1) is 82.2. The van der Waals surface area contributed by atoms with E-state index in [1.54, 1.807) is 6.08 Å². The molecular formula is C71H131NO18. The summed E-state index contributed by atoms with van der Waals surface area (Å²) in [5, 5.41) is 121. The van der Waals surface area contributed by atoms with E-state index in [2.05, 4.69) is 43.5 Å². The highest BCUT2D eigenvalue weighted by atomic mass is 16.8. The molecular weight excluding hydrogens is 1150 g/mol. The van der Waals surface area contributed by atoms with Gasteiger partial charge in [-0.2, -0.15) is 0 Å². The first-order chi connectivity index (χ1) is 43.8. The second-order valence-corrected chi connectivity index (χ2v) is 26.0. The minimum atomic E-state index is -1.98. The normalized spacial score (nSPS) is 28.2. The van der Waals surface area contributed by atoms with Crippen molar-refractivity contribution in [3.8, 4) is 0 Å². The van der Waals surface area contributed by atoms with Gasteiger partial charge in [0.25, 0.3) is 0 Å². The zero-order valence-corrected chi connectivity index (χ0v) is 55.9. The van der Waals surface area contributed by atoms with E-state index in [1.165, 1.54) is 199 Å². The number of unbranched alkanes of at least 4 members (excludes halogenated alkanes) is 36. The van der Waals surface area contributed by atoms with Gasteiger partial charge in [-0.15, -0.1) is 0 Å². The molecule has 0 aromatic heterocycles. The van der Waals surface area contributed by atoms with E-state index in [0.717, 1.165) is 44.9 Å². The molecule has 0 spiro atoms. The summed E-state index contributed by atoms with van der Waals surface area (Å²) in [7, 11) is 0.